The van der Waals surface area contributed by atoms with Crippen molar-refractivity contribution in [3.63, 3.8) is 0 Å². The Morgan fingerprint density at radius 2 is 2.04 bits per heavy atom. The summed E-state index contributed by atoms with van der Waals surface area (Å²) in [4.78, 5) is 19.5. The Labute approximate surface area is 138 Å². The number of ether oxygens (including phenoxy) is 1. The first kappa shape index (κ1) is 15.9. The number of amides is 1. The molecule has 3 heterocycles. The van der Waals surface area contributed by atoms with Gasteiger partial charge in [-0.1, -0.05) is 0 Å². The second-order valence-electron chi connectivity index (χ2n) is 5.51. The highest BCUT2D eigenvalue weighted by molar-refractivity contribution is 5.95. The van der Waals surface area contributed by atoms with Gasteiger partial charge in [0.25, 0.3) is 0 Å². The number of aryl methyl sites for hydroxylation is 2. The van der Waals surface area contributed by atoms with Crippen LogP contribution in [0.4, 0.5) is 10.2 Å². The number of methoxy groups -OCH3 is 1. The number of carbonyl (C=O) groups is 1. The topological polar surface area (TPSA) is 69.0 Å². The summed E-state index contributed by atoms with van der Waals surface area (Å²) in [7, 11) is 3.37. The molecular weight excluding hydrogens is 311 g/mol. The van der Waals surface area contributed by atoms with Crippen molar-refractivity contribution in [2.75, 3.05) is 12.4 Å². The summed E-state index contributed by atoms with van der Waals surface area (Å²) < 4.78 is 20.9. The minimum absolute atomic E-state index is 0.191. The van der Waals surface area contributed by atoms with E-state index in [4.69, 9.17) is 4.74 Å². The van der Waals surface area contributed by atoms with Gasteiger partial charge in [0.1, 0.15) is 11.6 Å². The minimum Gasteiger partial charge on any atom is -0.481 e. The number of nitrogens with zero attached hydrogens (tertiary/aromatic N) is 3. The number of hydrogen-bond acceptors (Lipinski definition) is 4. The molecule has 3 aromatic rings. The van der Waals surface area contributed by atoms with Gasteiger partial charge in [-0.25, -0.2) is 14.4 Å². The second-order valence-corrected chi connectivity index (χ2v) is 5.51. The lowest BCUT2D eigenvalue weighted by molar-refractivity contribution is -0.114. The van der Waals surface area contributed by atoms with E-state index in [1.807, 2.05) is 18.5 Å². The molecule has 24 heavy (non-hydrogen) atoms. The number of aromatic nitrogens is 3. The fourth-order valence-electron chi connectivity index (χ4n) is 2.90. The van der Waals surface area contributed by atoms with Crippen LogP contribution in [0.15, 0.2) is 24.5 Å². The molecule has 0 spiro atoms. The van der Waals surface area contributed by atoms with Crippen LogP contribution >= 0.6 is 0 Å². The lowest BCUT2D eigenvalue weighted by atomic mass is 10.1. The first-order chi connectivity index (χ1) is 11.4. The third-order valence-corrected chi connectivity index (χ3v) is 3.91. The fraction of sp³-hybridized carbons (Fsp3) is 0.235. The molecule has 0 aromatic carbocycles. The molecule has 0 aliphatic carbocycles. The van der Waals surface area contributed by atoms with Crippen LogP contribution in [0.3, 0.4) is 0 Å². The van der Waals surface area contributed by atoms with Crippen molar-refractivity contribution in [3.8, 4) is 17.1 Å². The summed E-state index contributed by atoms with van der Waals surface area (Å²) in [5.41, 5.74) is 3.15. The molecule has 6 nitrogen and oxygen atoms in total. The van der Waals surface area contributed by atoms with E-state index in [0.29, 0.717) is 17.3 Å². The Morgan fingerprint density at radius 3 is 2.71 bits per heavy atom. The molecule has 124 valence electrons. The highest BCUT2D eigenvalue weighted by atomic mass is 19.1. The Balaban J connectivity index is 2.26. The quantitative estimate of drug-likeness (QED) is 0.802. The maximum atomic E-state index is 13.7. The molecule has 7 heteroatoms. The van der Waals surface area contributed by atoms with Crippen LogP contribution in [-0.4, -0.2) is 27.6 Å². The van der Waals surface area contributed by atoms with Gasteiger partial charge >= 0.3 is 0 Å². The standard InChI is InChI=1S/C17H17FN4O2/c1-9-13-8-19-15(21-10(2)23)6-14(13)22(3)16(9)12-5-11(18)7-20-17(12)24-4/h5-8H,1-4H3,(H,19,21,23). The van der Waals surface area contributed by atoms with E-state index >= 15 is 0 Å². The lowest BCUT2D eigenvalue weighted by Gasteiger charge is -2.10. The summed E-state index contributed by atoms with van der Waals surface area (Å²) in [6.07, 6.45) is 2.81. The molecule has 1 amide bonds. The van der Waals surface area contributed by atoms with Gasteiger partial charge in [0.15, 0.2) is 0 Å². The van der Waals surface area contributed by atoms with E-state index in [1.54, 1.807) is 12.3 Å². The van der Waals surface area contributed by atoms with Gasteiger partial charge in [-0.2, -0.15) is 0 Å². The molecule has 0 aliphatic heterocycles. The van der Waals surface area contributed by atoms with E-state index in [1.165, 1.54) is 20.1 Å². The van der Waals surface area contributed by atoms with Crippen LogP contribution in [0.25, 0.3) is 22.2 Å². The Bertz CT molecular complexity index is 949. The summed E-state index contributed by atoms with van der Waals surface area (Å²) in [6.45, 7) is 3.36. The minimum atomic E-state index is -0.437. The van der Waals surface area contributed by atoms with E-state index < -0.39 is 5.82 Å². The molecule has 0 atom stereocenters. The summed E-state index contributed by atoms with van der Waals surface area (Å²) in [6, 6.07) is 3.18. The maximum Gasteiger partial charge on any atom is 0.222 e. The molecule has 3 aromatic heterocycles. The number of pyridine rings is 2. The number of fused-ring (bicyclic) bond motifs is 1. The van der Waals surface area contributed by atoms with Crippen molar-refractivity contribution in [2.45, 2.75) is 13.8 Å². The zero-order valence-corrected chi connectivity index (χ0v) is 13.8. The van der Waals surface area contributed by atoms with Crippen LogP contribution in [0.1, 0.15) is 12.5 Å². The lowest BCUT2D eigenvalue weighted by Crippen LogP contribution is -2.07. The van der Waals surface area contributed by atoms with Gasteiger partial charge in [0.2, 0.25) is 11.8 Å². The van der Waals surface area contributed by atoms with E-state index in [9.17, 15) is 9.18 Å². The molecule has 0 saturated carbocycles. The van der Waals surface area contributed by atoms with Gasteiger partial charge in [0.05, 0.1) is 30.1 Å². The first-order valence-corrected chi connectivity index (χ1v) is 7.35. The molecular formula is C17H17FN4O2. The molecule has 0 bridgehead atoms. The Hall–Kier alpha value is -2.96. The molecule has 0 unspecified atom stereocenters. The smallest absolute Gasteiger partial charge is 0.222 e. The van der Waals surface area contributed by atoms with Crippen molar-refractivity contribution in [3.05, 3.63) is 35.9 Å². The van der Waals surface area contributed by atoms with Gasteiger partial charge in [-0.05, 0) is 18.6 Å². The normalized spacial score (nSPS) is 10.9. The molecule has 0 aliphatic rings. The largest absolute Gasteiger partial charge is 0.481 e. The van der Waals surface area contributed by atoms with Crippen LogP contribution in [0.2, 0.25) is 0 Å². The van der Waals surface area contributed by atoms with Gasteiger partial charge in [-0.15, -0.1) is 0 Å². The average Bonchev–Trinajstić information content (AvgIpc) is 2.78. The number of rotatable bonds is 3. The predicted molar refractivity (Wildman–Crippen MR) is 89.5 cm³/mol. The van der Waals surface area contributed by atoms with Crippen molar-refractivity contribution in [1.29, 1.82) is 0 Å². The average molecular weight is 328 g/mol. The summed E-state index contributed by atoms with van der Waals surface area (Å²) in [5.74, 6) is 0.184. The zero-order chi connectivity index (χ0) is 17.4. The summed E-state index contributed by atoms with van der Waals surface area (Å²) >= 11 is 0. The van der Waals surface area contributed by atoms with Crippen molar-refractivity contribution in [1.82, 2.24) is 14.5 Å². The monoisotopic (exact) mass is 328 g/mol. The summed E-state index contributed by atoms with van der Waals surface area (Å²) in [5, 5.41) is 3.57. The van der Waals surface area contributed by atoms with Crippen molar-refractivity contribution < 1.29 is 13.9 Å². The van der Waals surface area contributed by atoms with Crippen LogP contribution in [-0.2, 0) is 11.8 Å². The highest BCUT2D eigenvalue weighted by Crippen LogP contribution is 2.36. The van der Waals surface area contributed by atoms with Crippen LogP contribution < -0.4 is 10.1 Å². The van der Waals surface area contributed by atoms with E-state index in [0.717, 1.165) is 28.4 Å². The number of halogens is 1. The number of hydrogen-bond donors (Lipinski definition) is 1. The van der Waals surface area contributed by atoms with Crippen molar-refractivity contribution >= 4 is 22.6 Å². The SMILES string of the molecule is COc1ncc(F)cc1-c1c(C)c2cnc(NC(C)=O)cc2n1C. The predicted octanol–water partition coefficient (Wildman–Crippen LogP) is 3.05. The molecule has 0 radical (unpaired) electrons. The van der Waals surface area contributed by atoms with Crippen molar-refractivity contribution in [2.24, 2.45) is 7.05 Å². The van der Waals surface area contributed by atoms with E-state index in [-0.39, 0.29) is 5.91 Å². The molecule has 0 saturated heterocycles. The fourth-order valence-corrected chi connectivity index (χ4v) is 2.90. The second kappa shape index (κ2) is 5.92. The zero-order valence-electron chi connectivity index (χ0n) is 13.8. The third kappa shape index (κ3) is 2.58. The Kier molecular flexibility index (Phi) is 3.92. The maximum absolute atomic E-state index is 13.7. The number of nitrogens with one attached hydrogen (secondary N) is 1. The molecule has 1 N–H and O–H groups in total. The molecule has 3 rings (SSSR count). The van der Waals surface area contributed by atoms with Crippen LogP contribution in [0.5, 0.6) is 5.88 Å². The number of anilines is 1. The third-order valence-electron chi connectivity index (χ3n) is 3.91. The van der Waals surface area contributed by atoms with Gasteiger partial charge < -0.3 is 14.6 Å². The number of carbonyl (C=O) groups excluding carboxylic acids is 1. The first-order valence-electron chi connectivity index (χ1n) is 7.35. The van der Waals surface area contributed by atoms with Gasteiger partial charge in [0, 0.05) is 31.6 Å². The highest BCUT2D eigenvalue weighted by Gasteiger charge is 2.19. The van der Waals surface area contributed by atoms with Crippen LogP contribution in [0, 0.1) is 12.7 Å². The molecule has 0 fully saturated rings. The van der Waals surface area contributed by atoms with Gasteiger partial charge in [-0.3, -0.25) is 4.79 Å². The Morgan fingerprint density at radius 1 is 1.29 bits per heavy atom. The van der Waals surface area contributed by atoms with E-state index in [2.05, 4.69) is 15.3 Å².